The van der Waals surface area contributed by atoms with E-state index in [1.54, 1.807) is 0 Å². The fourth-order valence-corrected chi connectivity index (χ4v) is 1.64. The molecule has 0 aliphatic rings. The smallest absolute Gasteiger partial charge is 0.296 e. The summed E-state index contributed by atoms with van der Waals surface area (Å²) in [7, 11) is 0. The number of aldehydes is 1. The minimum Gasteiger partial charge on any atom is -0.296 e. The van der Waals surface area contributed by atoms with Crippen molar-refractivity contribution in [2.75, 3.05) is 0 Å². The molecular formula is C13H7F4NO. The number of pyridine rings is 1. The van der Waals surface area contributed by atoms with Gasteiger partial charge < -0.3 is 0 Å². The molecule has 0 aliphatic heterocycles. The third kappa shape index (κ3) is 2.62. The Morgan fingerprint density at radius 1 is 1.05 bits per heavy atom. The van der Waals surface area contributed by atoms with Crippen molar-refractivity contribution < 1.29 is 22.4 Å². The molecule has 0 radical (unpaired) electrons. The Labute approximate surface area is 105 Å². The maximum atomic E-state index is 13.1. The van der Waals surface area contributed by atoms with Gasteiger partial charge in [-0.2, -0.15) is 13.2 Å². The molecule has 6 heteroatoms. The van der Waals surface area contributed by atoms with Crippen LogP contribution in [0.4, 0.5) is 17.6 Å². The molecule has 0 aliphatic carbocycles. The van der Waals surface area contributed by atoms with Crippen molar-refractivity contribution in [1.82, 2.24) is 4.98 Å². The molecule has 1 aromatic carbocycles. The van der Waals surface area contributed by atoms with E-state index in [1.807, 2.05) is 0 Å². The van der Waals surface area contributed by atoms with Crippen molar-refractivity contribution in [1.29, 1.82) is 0 Å². The number of hydrogen-bond donors (Lipinski definition) is 0. The monoisotopic (exact) mass is 269 g/mol. The Bertz CT molecular complexity index is 622. The zero-order valence-corrected chi connectivity index (χ0v) is 9.41. The molecule has 2 aromatic rings. The van der Waals surface area contributed by atoms with E-state index < -0.39 is 23.3 Å². The summed E-state index contributed by atoms with van der Waals surface area (Å²) in [5.41, 5.74) is -1.70. The number of carbonyl (C=O) groups is 1. The minimum atomic E-state index is -4.55. The van der Waals surface area contributed by atoms with Gasteiger partial charge in [0.2, 0.25) is 0 Å². The van der Waals surface area contributed by atoms with Crippen LogP contribution < -0.4 is 0 Å². The number of rotatable bonds is 2. The largest absolute Gasteiger partial charge is 0.417 e. The third-order valence-electron chi connectivity index (χ3n) is 2.49. The number of nitrogens with zero attached hydrogens (tertiary/aromatic N) is 1. The van der Waals surface area contributed by atoms with Crippen LogP contribution >= 0.6 is 0 Å². The molecule has 0 atom stereocenters. The predicted octanol–water partition coefficient (Wildman–Crippen LogP) is 3.72. The van der Waals surface area contributed by atoms with Crippen molar-refractivity contribution in [3.05, 3.63) is 53.5 Å². The zero-order valence-electron chi connectivity index (χ0n) is 9.41. The number of alkyl halides is 3. The molecule has 1 aromatic heterocycles. The van der Waals surface area contributed by atoms with Crippen molar-refractivity contribution in [3.8, 4) is 11.3 Å². The van der Waals surface area contributed by atoms with Crippen molar-refractivity contribution in [2.45, 2.75) is 6.18 Å². The van der Waals surface area contributed by atoms with Crippen LogP contribution in [0.1, 0.15) is 16.1 Å². The number of aromatic nitrogens is 1. The van der Waals surface area contributed by atoms with E-state index >= 15 is 0 Å². The van der Waals surface area contributed by atoms with E-state index in [0.717, 1.165) is 18.2 Å². The average Bonchev–Trinajstić information content (AvgIpc) is 2.38. The van der Waals surface area contributed by atoms with E-state index in [0.29, 0.717) is 0 Å². The number of hydrogen-bond acceptors (Lipinski definition) is 2. The van der Waals surface area contributed by atoms with Crippen LogP contribution in [0.3, 0.4) is 0 Å². The predicted molar refractivity (Wildman–Crippen MR) is 60.0 cm³/mol. The summed E-state index contributed by atoms with van der Waals surface area (Å²) >= 11 is 0. The van der Waals surface area contributed by atoms with E-state index in [9.17, 15) is 22.4 Å². The van der Waals surface area contributed by atoms with E-state index in [1.165, 1.54) is 18.2 Å². The summed E-state index contributed by atoms with van der Waals surface area (Å²) < 4.78 is 51.6. The van der Waals surface area contributed by atoms with Gasteiger partial charge in [-0.1, -0.05) is 18.2 Å². The number of benzene rings is 1. The van der Waals surface area contributed by atoms with Gasteiger partial charge in [0, 0.05) is 5.56 Å². The van der Waals surface area contributed by atoms with Crippen molar-refractivity contribution in [2.24, 2.45) is 0 Å². The Hall–Kier alpha value is -2.24. The molecule has 98 valence electrons. The van der Waals surface area contributed by atoms with Crippen LogP contribution in [-0.4, -0.2) is 11.3 Å². The Morgan fingerprint density at radius 3 is 2.37 bits per heavy atom. The summed E-state index contributed by atoms with van der Waals surface area (Å²) in [6.45, 7) is 0. The third-order valence-corrected chi connectivity index (χ3v) is 2.49. The highest BCUT2D eigenvalue weighted by molar-refractivity contribution is 5.75. The van der Waals surface area contributed by atoms with Crippen molar-refractivity contribution in [3.63, 3.8) is 0 Å². The lowest BCUT2D eigenvalue weighted by Gasteiger charge is -2.12. The van der Waals surface area contributed by atoms with Crippen LogP contribution in [0.5, 0.6) is 0 Å². The summed E-state index contributed by atoms with van der Waals surface area (Å²) in [5.74, 6) is -0.872. The first-order valence-corrected chi connectivity index (χ1v) is 5.22. The molecule has 19 heavy (non-hydrogen) atoms. The molecule has 0 N–H and O–H groups in total. The van der Waals surface area contributed by atoms with Crippen molar-refractivity contribution >= 4 is 6.29 Å². The molecule has 1 heterocycles. The number of carbonyl (C=O) groups excluding carboxylic acids is 1. The summed E-state index contributed by atoms with van der Waals surface area (Å²) in [6, 6.07) is 6.80. The quantitative estimate of drug-likeness (QED) is 0.614. The minimum absolute atomic E-state index is 0.101. The molecule has 0 saturated heterocycles. The SMILES string of the molecule is O=Cc1nc(-c2ccccc2C(F)(F)F)ccc1F. The van der Waals surface area contributed by atoms with Gasteiger partial charge in [-0.05, 0) is 18.2 Å². The first-order valence-electron chi connectivity index (χ1n) is 5.22. The van der Waals surface area contributed by atoms with Crippen LogP contribution in [0.2, 0.25) is 0 Å². The molecule has 2 nitrogen and oxygen atoms in total. The highest BCUT2D eigenvalue weighted by Crippen LogP contribution is 2.36. The summed E-state index contributed by atoms with van der Waals surface area (Å²) in [5, 5.41) is 0. The summed E-state index contributed by atoms with van der Waals surface area (Å²) in [4.78, 5) is 14.2. The second-order valence-corrected chi connectivity index (χ2v) is 3.72. The van der Waals surface area contributed by atoms with Crippen LogP contribution in [0.15, 0.2) is 36.4 Å². The molecule has 0 saturated carbocycles. The molecule has 0 unspecified atom stereocenters. The zero-order chi connectivity index (χ0) is 14.0. The maximum Gasteiger partial charge on any atom is 0.417 e. The molecule has 0 bridgehead atoms. The fourth-order valence-electron chi connectivity index (χ4n) is 1.64. The molecule has 0 spiro atoms. The van der Waals surface area contributed by atoms with E-state index in [4.69, 9.17) is 0 Å². The van der Waals surface area contributed by atoms with E-state index in [2.05, 4.69) is 4.98 Å². The van der Waals surface area contributed by atoms with E-state index in [-0.39, 0.29) is 17.5 Å². The molecule has 2 rings (SSSR count). The Morgan fingerprint density at radius 2 is 1.74 bits per heavy atom. The molecule has 0 fully saturated rings. The fraction of sp³-hybridized carbons (Fsp3) is 0.0769. The normalized spacial score (nSPS) is 11.4. The second kappa shape index (κ2) is 4.79. The van der Waals surface area contributed by atoms with Crippen LogP contribution in [-0.2, 0) is 6.18 Å². The van der Waals surface area contributed by atoms with Gasteiger partial charge in [0.1, 0.15) is 5.69 Å². The summed E-state index contributed by atoms with van der Waals surface area (Å²) in [6.07, 6.45) is -4.39. The topological polar surface area (TPSA) is 30.0 Å². The molecular weight excluding hydrogens is 262 g/mol. The number of halogens is 4. The van der Waals surface area contributed by atoms with Gasteiger partial charge in [-0.3, -0.25) is 4.79 Å². The first-order chi connectivity index (χ1) is 8.93. The average molecular weight is 269 g/mol. The Balaban J connectivity index is 2.63. The van der Waals surface area contributed by atoms with Gasteiger partial charge in [0.05, 0.1) is 11.3 Å². The lowest BCUT2D eigenvalue weighted by Crippen LogP contribution is -2.08. The van der Waals surface area contributed by atoms with Crippen LogP contribution in [0.25, 0.3) is 11.3 Å². The van der Waals surface area contributed by atoms with Gasteiger partial charge >= 0.3 is 6.18 Å². The highest BCUT2D eigenvalue weighted by Gasteiger charge is 2.33. The van der Waals surface area contributed by atoms with Gasteiger partial charge in [-0.15, -0.1) is 0 Å². The highest BCUT2D eigenvalue weighted by atomic mass is 19.4. The van der Waals surface area contributed by atoms with Crippen LogP contribution in [0, 0.1) is 5.82 Å². The first kappa shape index (κ1) is 13.2. The maximum absolute atomic E-state index is 13.1. The van der Waals surface area contributed by atoms with Gasteiger partial charge in [0.25, 0.3) is 0 Å². The van der Waals surface area contributed by atoms with Gasteiger partial charge in [0.15, 0.2) is 12.1 Å². The molecule has 0 amide bonds. The Kier molecular flexibility index (Phi) is 3.33. The van der Waals surface area contributed by atoms with Gasteiger partial charge in [-0.25, -0.2) is 9.37 Å². The lowest BCUT2D eigenvalue weighted by atomic mass is 10.0. The second-order valence-electron chi connectivity index (χ2n) is 3.72. The standard InChI is InChI=1S/C13H7F4NO/c14-10-5-6-11(18-12(10)7-19)8-3-1-2-4-9(8)13(15,16)17/h1-7H. The lowest BCUT2D eigenvalue weighted by molar-refractivity contribution is -0.137.